The van der Waals surface area contributed by atoms with Gasteiger partial charge in [-0.3, -0.25) is 0 Å². The van der Waals surface area contributed by atoms with Gasteiger partial charge in [-0.1, -0.05) is 12.1 Å². The van der Waals surface area contributed by atoms with Gasteiger partial charge in [0.15, 0.2) is 0 Å². The lowest BCUT2D eigenvalue weighted by Crippen LogP contribution is -2.22. The van der Waals surface area contributed by atoms with Gasteiger partial charge in [0.2, 0.25) is 5.95 Å². The number of rotatable bonds is 1. The third kappa shape index (κ3) is 2.30. The molecule has 1 aliphatic rings. The van der Waals surface area contributed by atoms with E-state index < -0.39 is 11.7 Å². The molecule has 1 atom stereocenters. The molecule has 0 saturated carbocycles. The van der Waals surface area contributed by atoms with E-state index >= 15 is 0 Å². The summed E-state index contributed by atoms with van der Waals surface area (Å²) in [7, 11) is 0. The van der Waals surface area contributed by atoms with Crippen LogP contribution in [0.5, 0.6) is 0 Å². The largest absolute Gasteiger partial charge is 0.416 e. The number of aromatic nitrogens is 2. The predicted molar refractivity (Wildman–Crippen MR) is 64.7 cm³/mol. The molecular formula is C13H12F3N3. The molecule has 2 heterocycles. The van der Waals surface area contributed by atoms with Crippen molar-refractivity contribution in [2.24, 2.45) is 0 Å². The highest BCUT2D eigenvalue weighted by molar-refractivity contribution is 5.36. The van der Waals surface area contributed by atoms with Gasteiger partial charge in [-0.15, -0.1) is 0 Å². The normalized spacial score (nSPS) is 18.8. The number of nitrogens with one attached hydrogen (secondary N) is 1. The second-order valence-electron chi connectivity index (χ2n) is 4.55. The van der Waals surface area contributed by atoms with Gasteiger partial charge >= 0.3 is 6.18 Å². The number of alkyl halides is 3. The molecule has 0 amide bonds. The molecule has 3 nitrogen and oxygen atoms in total. The van der Waals surface area contributed by atoms with E-state index in [0.717, 1.165) is 36.6 Å². The minimum absolute atomic E-state index is 0.0113. The Morgan fingerprint density at radius 2 is 1.95 bits per heavy atom. The monoisotopic (exact) mass is 267 g/mol. The van der Waals surface area contributed by atoms with Gasteiger partial charge in [0.05, 0.1) is 11.6 Å². The first kappa shape index (κ1) is 12.1. The third-order valence-electron chi connectivity index (χ3n) is 3.32. The average molecular weight is 267 g/mol. The van der Waals surface area contributed by atoms with Crippen LogP contribution in [0.4, 0.5) is 19.1 Å². The lowest BCUT2D eigenvalue weighted by Gasteiger charge is -2.26. The maximum absolute atomic E-state index is 12.5. The van der Waals surface area contributed by atoms with Crippen molar-refractivity contribution in [3.05, 3.63) is 47.8 Å². The number of hydrogen-bond acceptors (Lipinski definition) is 2. The quantitative estimate of drug-likeness (QED) is 0.857. The molecule has 1 N–H and O–H groups in total. The van der Waals surface area contributed by atoms with Crippen molar-refractivity contribution in [1.29, 1.82) is 0 Å². The third-order valence-corrected chi connectivity index (χ3v) is 3.32. The summed E-state index contributed by atoms with van der Waals surface area (Å²) >= 11 is 0. The Morgan fingerprint density at radius 3 is 2.63 bits per heavy atom. The minimum atomic E-state index is -4.28. The van der Waals surface area contributed by atoms with E-state index in [1.54, 1.807) is 6.20 Å². The first-order valence-corrected chi connectivity index (χ1v) is 5.99. The van der Waals surface area contributed by atoms with Gasteiger partial charge in [-0.2, -0.15) is 13.2 Å². The molecule has 19 heavy (non-hydrogen) atoms. The Balaban J connectivity index is 1.81. The molecule has 1 unspecified atom stereocenters. The summed E-state index contributed by atoms with van der Waals surface area (Å²) in [6.07, 6.45) is 0.131. The zero-order chi connectivity index (χ0) is 13.5. The van der Waals surface area contributed by atoms with Gasteiger partial charge in [0, 0.05) is 18.9 Å². The van der Waals surface area contributed by atoms with Crippen LogP contribution < -0.4 is 5.32 Å². The number of anilines is 1. The van der Waals surface area contributed by atoms with Crippen LogP contribution in [-0.2, 0) is 12.7 Å². The summed E-state index contributed by atoms with van der Waals surface area (Å²) < 4.78 is 39.5. The number of imidazole rings is 1. The summed E-state index contributed by atoms with van der Waals surface area (Å²) in [6, 6.07) is 5.31. The fourth-order valence-corrected chi connectivity index (χ4v) is 2.28. The minimum Gasteiger partial charge on any atom is -0.349 e. The van der Waals surface area contributed by atoms with Gasteiger partial charge in [0.1, 0.15) is 0 Å². The Labute approximate surface area is 108 Å². The van der Waals surface area contributed by atoms with E-state index in [9.17, 15) is 13.2 Å². The average Bonchev–Trinajstić information content (AvgIpc) is 2.85. The van der Waals surface area contributed by atoms with E-state index in [2.05, 4.69) is 10.3 Å². The van der Waals surface area contributed by atoms with Crippen molar-refractivity contribution in [2.45, 2.75) is 25.2 Å². The first-order valence-electron chi connectivity index (χ1n) is 5.99. The zero-order valence-electron chi connectivity index (χ0n) is 9.98. The molecule has 1 aromatic heterocycles. The molecule has 0 aliphatic carbocycles. The fourth-order valence-electron chi connectivity index (χ4n) is 2.28. The highest BCUT2D eigenvalue weighted by atomic mass is 19.4. The van der Waals surface area contributed by atoms with Crippen LogP contribution in [0.3, 0.4) is 0 Å². The van der Waals surface area contributed by atoms with Crippen LogP contribution in [0.2, 0.25) is 0 Å². The van der Waals surface area contributed by atoms with Crippen LogP contribution in [0.1, 0.15) is 23.6 Å². The Morgan fingerprint density at radius 1 is 1.21 bits per heavy atom. The number of aryl methyl sites for hydroxylation is 1. The summed E-state index contributed by atoms with van der Waals surface area (Å²) in [5.41, 5.74) is 0.232. The lowest BCUT2D eigenvalue weighted by atomic mass is 10.0. The van der Waals surface area contributed by atoms with Crippen molar-refractivity contribution in [1.82, 2.24) is 9.55 Å². The van der Waals surface area contributed by atoms with Crippen LogP contribution in [0, 0.1) is 0 Å². The van der Waals surface area contributed by atoms with Crippen LogP contribution >= 0.6 is 0 Å². The van der Waals surface area contributed by atoms with Gasteiger partial charge < -0.3 is 9.88 Å². The predicted octanol–water partition coefficient (Wildman–Crippen LogP) is 3.46. The molecule has 0 spiro atoms. The molecule has 0 saturated heterocycles. The maximum atomic E-state index is 12.5. The molecule has 0 fully saturated rings. The summed E-state index contributed by atoms with van der Waals surface area (Å²) in [4.78, 5) is 4.16. The molecule has 1 aromatic carbocycles. The molecule has 0 bridgehead atoms. The number of benzene rings is 1. The molecule has 100 valence electrons. The molecule has 2 aromatic rings. The van der Waals surface area contributed by atoms with E-state index in [0.29, 0.717) is 0 Å². The van der Waals surface area contributed by atoms with Crippen molar-refractivity contribution < 1.29 is 13.2 Å². The molecule has 1 aliphatic heterocycles. The second kappa shape index (κ2) is 4.29. The topological polar surface area (TPSA) is 29.9 Å². The van der Waals surface area contributed by atoms with Crippen molar-refractivity contribution >= 4 is 5.95 Å². The molecular weight excluding hydrogens is 255 g/mol. The van der Waals surface area contributed by atoms with Gasteiger partial charge in [-0.05, 0) is 24.1 Å². The summed E-state index contributed by atoms with van der Waals surface area (Å²) in [6.45, 7) is 0.814. The van der Waals surface area contributed by atoms with Crippen molar-refractivity contribution in [3.8, 4) is 0 Å². The van der Waals surface area contributed by atoms with Crippen molar-refractivity contribution in [3.63, 3.8) is 0 Å². The van der Waals surface area contributed by atoms with Gasteiger partial charge in [0.25, 0.3) is 0 Å². The van der Waals surface area contributed by atoms with Gasteiger partial charge in [-0.25, -0.2) is 4.98 Å². The highest BCUT2D eigenvalue weighted by Crippen LogP contribution is 2.32. The standard InChI is InChI=1S/C13H12F3N3/c14-13(15,16)10-3-1-9(2-4-10)11-5-7-19-8-6-17-12(19)18-11/h1-4,6,8,11H,5,7H2,(H,17,18). The van der Waals surface area contributed by atoms with E-state index in [4.69, 9.17) is 0 Å². The van der Waals surface area contributed by atoms with Crippen molar-refractivity contribution in [2.75, 3.05) is 5.32 Å². The van der Waals surface area contributed by atoms with E-state index in [1.165, 1.54) is 12.1 Å². The SMILES string of the molecule is FC(F)(F)c1ccc(C2CCn3ccnc3N2)cc1. The maximum Gasteiger partial charge on any atom is 0.416 e. The number of nitrogens with zero attached hydrogens (tertiary/aromatic N) is 2. The molecule has 3 rings (SSSR count). The second-order valence-corrected chi connectivity index (χ2v) is 4.55. The first-order chi connectivity index (χ1) is 9.04. The smallest absolute Gasteiger partial charge is 0.349 e. The lowest BCUT2D eigenvalue weighted by molar-refractivity contribution is -0.137. The Hall–Kier alpha value is -1.98. The van der Waals surface area contributed by atoms with Crippen LogP contribution in [0.25, 0.3) is 0 Å². The van der Waals surface area contributed by atoms with E-state index in [1.807, 2.05) is 10.8 Å². The Bertz CT molecular complexity index is 572. The number of halogens is 3. The fraction of sp³-hybridized carbons (Fsp3) is 0.308. The molecule has 6 heteroatoms. The van der Waals surface area contributed by atoms with E-state index in [-0.39, 0.29) is 6.04 Å². The summed E-state index contributed by atoms with van der Waals surface area (Å²) in [5.74, 6) is 0.760. The molecule has 0 radical (unpaired) electrons. The Kier molecular flexibility index (Phi) is 2.73. The summed E-state index contributed by atoms with van der Waals surface area (Å²) in [5, 5.41) is 3.22. The highest BCUT2D eigenvalue weighted by Gasteiger charge is 2.30. The zero-order valence-corrected chi connectivity index (χ0v) is 9.98. The van der Waals surface area contributed by atoms with Crippen LogP contribution in [-0.4, -0.2) is 9.55 Å². The number of hydrogen-bond donors (Lipinski definition) is 1. The van der Waals surface area contributed by atoms with Crippen LogP contribution in [0.15, 0.2) is 36.7 Å². The number of fused-ring (bicyclic) bond motifs is 1.